The summed E-state index contributed by atoms with van der Waals surface area (Å²) in [6.07, 6.45) is 2.78. The number of hydrogen-bond donors (Lipinski definition) is 0. The van der Waals surface area contributed by atoms with Crippen molar-refractivity contribution in [2.45, 2.75) is 46.1 Å². The van der Waals surface area contributed by atoms with Crippen molar-refractivity contribution in [3.05, 3.63) is 35.6 Å². The number of halogens is 1. The van der Waals surface area contributed by atoms with Crippen LogP contribution in [0.15, 0.2) is 24.3 Å². The van der Waals surface area contributed by atoms with Gasteiger partial charge in [0.25, 0.3) is 0 Å². The van der Waals surface area contributed by atoms with Crippen LogP contribution in [-0.2, 0) is 4.74 Å². The molecule has 1 rings (SSSR count). The van der Waals surface area contributed by atoms with E-state index in [1.807, 2.05) is 6.92 Å². The van der Waals surface area contributed by atoms with Gasteiger partial charge in [-0.3, -0.25) is 0 Å². The average molecular weight is 252 g/mol. The number of esters is 1. The molecule has 0 aliphatic carbocycles. The first-order valence-electron chi connectivity index (χ1n) is 6.53. The van der Waals surface area contributed by atoms with E-state index in [4.69, 9.17) is 4.74 Å². The molecular formula is C15H21FO2. The van der Waals surface area contributed by atoms with E-state index in [0.717, 1.165) is 19.3 Å². The van der Waals surface area contributed by atoms with Gasteiger partial charge in [0.15, 0.2) is 0 Å². The monoisotopic (exact) mass is 252 g/mol. The summed E-state index contributed by atoms with van der Waals surface area (Å²) in [7, 11) is 0. The molecule has 1 unspecified atom stereocenters. The Bertz CT molecular complexity index is 386. The summed E-state index contributed by atoms with van der Waals surface area (Å²) in [4.78, 5) is 11.8. The van der Waals surface area contributed by atoms with Crippen LogP contribution in [0.4, 0.5) is 4.39 Å². The van der Waals surface area contributed by atoms with E-state index in [1.54, 1.807) is 12.1 Å². The van der Waals surface area contributed by atoms with Crippen LogP contribution in [-0.4, -0.2) is 12.1 Å². The van der Waals surface area contributed by atoms with E-state index >= 15 is 0 Å². The van der Waals surface area contributed by atoms with E-state index in [0.29, 0.717) is 5.92 Å². The Labute approximate surface area is 108 Å². The highest BCUT2D eigenvalue weighted by Crippen LogP contribution is 2.18. The molecule has 0 saturated carbocycles. The standard InChI is InChI=1S/C15H21FO2/c1-4-12(5-2)10-11(3)18-15(17)13-8-6-7-9-14(13)16/h6-9,11-12H,4-5,10H2,1-3H3. The fraction of sp³-hybridized carbons (Fsp3) is 0.533. The van der Waals surface area contributed by atoms with Gasteiger partial charge in [-0.1, -0.05) is 38.8 Å². The van der Waals surface area contributed by atoms with Crippen LogP contribution in [0.2, 0.25) is 0 Å². The second kappa shape index (κ2) is 7.14. The second-order valence-corrected chi connectivity index (χ2v) is 4.61. The molecule has 3 heteroatoms. The van der Waals surface area contributed by atoms with Crippen molar-refractivity contribution >= 4 is 5.97 Å². The zero-order valence-corrected chi connectivity index (χ0v) is 11.3. The molecular weight excluding hydrogens is 231 g/mol. The lowest BCUT2D eigenvalue weighted by Crippen LogP contribution is -2.19. The zero-order chi connectivity index (χ0) is 13.5. The smallest absolute Gasteiger partial charge is 0.341 e. The van der Waals surface area contributed by atoms with Crippen molar-refractivity contribution in [1.29, 1.82) is 0 Å². The minimum absolute atomic E-state index is 0.00824. The van der Waals surface area contributed by atoms with Gasteiger partial charge in [-0.2, -0.15) is 0 Å². The van der Waals surface area contributed by atoms with Gasteiger partial charge in [0.2, 0.25) is 0 Å². The molecule has 2 nitrogen and oxygen atoms in total. The molecule has 0 bridgehead atoms. The maximum Gasteiger partial charge on any atom is 0.341 e. The molecule has 18 heavy (non-hydrogen) atoms. The predicted octanol–water partition coefficient (Wildman–Crippen LogP) is 4.20. The van der Waals surface area contributed by atoms with E-state index < -0.39 is 11.8 Å². The van der Waals surface area contributed by atoms with Gasteiger partial charge in [0, 0.05) is 0 Å². The first-order valence-corrected chi connectivity index (χ1v) is 6.53. The lowest BCUT2D eigenvalue weighted by molar-refractivity contribution is 0.0280. The summed E-state index contributed by atoms with van der Waals surface area (Å²) in [6.45, 7) is 6.11. The van der Waals surface area contributed by atoms with Crippen LogP contribution >= 0.6 is 0 Å². The summed E-state index contributed by atoms with van der Waals surface area (Å²) in [5.41, 5.74) is 0.00824. The Morgan fingerprint density at radius 1 is 1.28 bits per heavy atom. The van der Waals surface area contributed by atoms with E-state index in [1.165, 1.54) is 12.1 Å². The molecule has 0 radical (unpaired) electrons. The number of carbonyl (C=O) groups is 1. The average Bonchev–Trinajstić information content (AvgIpc) is 2.36. The fourth-order valence-corrected chi connectivity index (χ4v) is 2.01. The third kappa shape index (κ3) is 4.13. The van der Waals surface area contributed by atoms with Gasteiger partial charge >= 0.3 is 5.97 Å². The lowest BCUT2D eigenvalue weighted by Gasteiger charge is -2.18. The van der Waals surface area contributed by atoms with Gasteiger partial charge < -0.3 is 4.74 Å². The summed E-state index contributed by atoms with van der Waals surface area (Å²) >= 11 is 0. The number of ether oxygens (including phenoxy) is 1. The molecule has 100 valence electrons. The number of carbonyl (C=O) groups excluding carboxylic acids is 1. The quantitative estimate of drug-likeness (QED) is 0.709. The lowest BCUT2D eigenvalue weighted by atomic mass is 9.97. The van der Waals surface area contributed by atoms with Crippen LogP contribution in [0.5, 0.6) is 0 Å². The first kappa shape index (κ1) is 14.7. The highest BCUT2D eigenvalue weighted by Gasteiger charge is 2.17. The third-order valence-electron chi connectivity index (χ3n) is 3.22. The van der Waals surface area contributed by atoms with E-state index in [2.05, 4.69) is 13.8 Å². The Kier molecular flexibility index (Phi) is 5.83. The number of hydrogen-bond acceptors (Lipinski definition) is 2. The Morgan fingerprint density at radius 2 is 1.89 bits per heavy atom. The van der Waals surface area contributed by atoms with Crippen LogP contribution in [0, 0.1) is 11.7 Å². The molecule has 0 amide bonds. The van der Waals surface area contributed by atoms with Crippen molar-refractivity contribution in [1.82, 2.24) is 0 Å². The van der Waals surface area contributed by atoms with Gasteiger partial charge in [0.05, 0.1) is 11.7 Å². The zero-order valence-electron chi connectivity index (χ0n) is 11.3. The van der Waals surface area contributed by atoms with Gasteiger partial charge in [-0.05, 0) is 31.4 Å². The second-order valence-electron chi connectivity index (χ2n) is 4.61. The highest BCUT2D eigenvalue weighted by molar-refractivity contribution is 5.89. The van der Waals surface area contributed by atoms with Crippen molar-refractivity contribution in [3.8, 4) is 0 Å². The van der Waals surface area contributed by atoms with Crippen molar-refractivity contribution in [2.24, 2.45) is 5.92 Å². The fourth-order valence-electron chi connectivity index (χ4n) is 2.01. The molecule has 0 N–H and O–H groups in total. The number of benzene rings is 1. The Morgan fingerprint density at radius 3 is 2.44 bits per heavy atom. The van der Waals surface area contributed by atoms with E-state index in [9.17, 15) is 9.18 Å². The first-order chi connectivity index (χ1) is 8.58. The topological polar surface area (TPSA) is 26.3 Å². The Balaban J connectivity index is 2.57. The molecule has 0 fully saturated rings. The van der Waals surface area contributed by atoms with Crippen LogP contribution < -0.4 is 0 Å². The van der Waals surface area contributed by atoms with Gasteiger partial charge in [0.1, 0.15) is 5.82 Å². The molecule has 0 aliphatic rings. The summed E-state index contributed by atoms with van der Waals surface area (Å²) < 4.78 is 18.7. The van der Waals surface area contributed by atoms with Crippen LogP contribution in [0.1, 0.15) is 50.4 Å². The predicted molar refractivity (Wildman–Crippen MR) is 70.0 cm³/mol. The summed E-state index contributed by atoms with van der Waals surface area (Å²) in [5, 5.41) is 0. The molecule has 1 atom stereocenters. The SMILES string of the molecule is CCC(CC)CC(C)OC(=O)c1ccccc1F. The maximum atomic E-state index is 13.4. The van der Waals surface area contributed by atoms with Crippen LogP contribution in [0.25, 0.3) is 0 Å². The summed E-state index contributed by atoms with van der Waals surface area (Å²) in [5.74, 6) is -0.558. The molecule has 0 saturated heterocycles. The van der Waals surface area contributed by atoms with Gasteiger partial charge in [-0.25, -0.2) is 9.18 Å². The normalized spacial score (nSPS) is 12.5. The highest BCUT2D eigenvalue weighted by atomic mass is 19.1. The molecule has 0 spiro atoms. The summed E-state index contributed by atoms with van der Waals surface area (Å²) in [6, 6.07) is 5.90. The molecule has 1 aromatic carbocycles. The number of rotatable bonds is 6. The molecule has 0 aromatic heterocycles. The molecule has 0 heterocycles. The molecule has 0 aliphatic heterocycles. The van der Waals surface area contributed by atoms with Crippen molar-refractivity contribution < 1.29 is 13.9 Å². The maximum absolute atomic E-state index is 13.4. The minimum atomic E-state index is -0.577. The van der Waals surface area contributed by atoms with Crippen molar-refractivity contribution in [3.63, 3.8) is 0 Å². The van der Waals surface area contributed by atoms with E-state index in [-0.39, 0.29) is 11.7 Å². The largest absolute Gasteiger partial charge is 0.459 e. The van der Waals surface area contributed by atoms with Crippen LogP contribution in [0.3, 0.4) is 0 Å². The van der Waals surface area contributed by atoms with Crippen molar-refractivity contribution in [2.75, 3.05) is 0 Å². The van der Waals surface area contributed by atoms with Gasteiger partial charge in [-0.15, -0.1) is 0 Å². The molecule has 1 aromatic rings. The Hall–Kier alpha value is -1.38. The third-order valence-corrected chi connectivity index (χ3v) is 3.22. The minimum Gasteiger partial charge on any atom is -0.459 e.